The molecule has 0 aliphatic carbocycles. The van der Waals surface area contributed by atoms with Crippen LogP contribution in [0.1, 0.15) is 0 Å². The molecule has 0 unspecified atom stereocenters. The number of rotatable bonds is 0. The van der Waals surface area contributed by atoms with Gasteiger partial charge in [-0.15, -0.1) is 0 Å². The van der Waals surface area contributed by atoms with E-state index in [1.54, 1.807) is 12.1 Å². The van der Waals surface area contributed by atoms with Crippen molar-refractivity contribution < 1.29 is 4.74 Å². The van der Waals surface area contributed by atoms with Crippen molar-refractivity contribution >= 4 is 34.6 Å². The maximum Gasteiger partial charge on any atom is 0.152 e. The van der Waals surface area contributed by atoms with E-state index in [2.05, 4.69) is 5.32 Å². The number of hydrogen-bond donors (Lipinski definition) is 1. The van der Waals surface area contributed by atoms with E-state index in [1.165, 1.54) is 0 Å². The summed E-state index contributed by atoms with van der Waals surface area (Å²) in [5.41, 5.74) is 1.80. The largest absolute Gasteiger partial charge is 0.453 e. The summed E-state index contributed by atoms with van der Waals surface area (Å²) in [6, 6.07) is 10.9. The van der Waals surface area contributed by atoms with Crippen LogP contribution < -0.4 is 10.1 Å². The van der Waals surface area contributed by atoms with E-state index in [-0.39, 0.29) is 0 Å². The zero-order valence-corrected chi connectivity index (χ0v) is 9.64. The van der Waals surface area contributed by atoms with Gasteiger partial charge in [-0.3, -0.25) is 0 Å². The van der Waals surface area contributed by atoms with Crippen LogP contribution in [0.25, 0.3) is 0 Å². The molecule has 0 bridgehead atoms. The van der Waals surface area contributed by atoms with Gasteiger partial charge in [-0.25, -0.2) is 0 Å². The Morgan fingerprint density at radius 1 is 0.812 bits per heavy atom. The molecule has 1 aliphatic rings. The van der Waals surface area contributed by atoms with Crippen molar-refractivity contribution in [1.82, 2.24) is 0 Å². The van der Waals surface area contributed by atoms with Gasteiger partial charge in [-0.05, 0) is 24.3 Å². The van der Waals surface area contributed by atoms with E-state index in [0.717, 1.165) is 11.4 Å². The molecule has 0 aromatic heterocycles. The predicted molar refractivity (Wildman–Crippen MR) is 66.3 cm³/mol. The van der Waals surface area contributed by atoms with Crippen LogP contribution >= 0.6 is 23.2 Å². The molecule has 0 radical (unpaired) electrons. The van der Waals surface area contributed by atoms with Crippen LogP contribution in [0.15, 0.2) is 36.4 Å². The maximum absolute atomic E-state index is 5.90. The van der Waals surface area contributed by atoms with Crippen LogP contribution in [0.4, 0.5) is 11.4 Å². The molecule has 0 amide bonds. The fourth-order valence-corrected chi connectivity index (χ4v) is 1.96. The Balaban J connectivity index is 2.10. The molecule has 80 valence electrons. The zero-order chi connectivity index (χ0) is 11.1. The summed E-state index contributed by atoms with van der Waals surface area (Å²) in [5.74, 6) is 1.42. The molecule has 16 heavy (non-hydrogen) atoms. The fourth-order valence-electron chi connectivity index (χ4n) is 1.63. The third-order valence-corrected chi connectivity index (χ3v) is 2.85. The summed E-state index contributed by atoms with van der Waals surface area (Å²) in [7, 11) is 0. The van der Waals surface area contributed by atoms with Crippen molar-refractivity contribution in [1.29, 1.82) is 0 Å². The number of benzene rings is 2. The standard InChI is InChI=1S/C12H7Cl2NO/c13-7-1-3-9-11(5-7)16-12-6-8(14)2-4-10(12)15-9/h1-6,15H. The van der Waals surface area contributed by atoms with Gasteiger partial charge >= 0.3 is 0 Å². The summed E-state index contributed by atoms with van der Waals surface area (Å²) in [6.45, 7) is 0. The second-order valence-corrected chi connectivity index (χ2v) is 4.38. The topological polar surface area (TPSA) is 21.3 Å². The molecule has 2 aromatic rings. The number of halogens is 2. The normalized spacial score (nSPS) is 12.1. The summed E-state index contributed by atoms with van der Waals surface area (Å²) in [5, 5.41) is 4.54. The van der Waals surface area contributed by atoms with E-state index in [4.69, 9.17) is 27.9 Å². The summed E-state index contributed by atoms with van der Waals surface area (Å²) < 4.78 is 5.71. The molecule has 4 heteroatoms. The molecule has 0 fully saturated rings. The quantitative estimate of drug-likeness (QED) is 0.617. The number of anilines is 2. The maximum atomic E-state index is 5.90. The van der Waals surface area contributed by atoms with Gasteiger partial charge in [0, 0.05) is 22.2 Å². The first-order valence-corrected chi connectivity index (χ1v) is 5.52. The molecule has 0 saturated carbocycles. The Bertz CT molecular complexity index is 519. The minimum atomic E-state index is 0.644. The van der Waals surface area contributed by atoms with Crippen LogP contribution in [0.5, 0.6) is 11.5 Å². The van der Waals surface area contributed by atoms with Gasteiger partial charge in [0.2, 0.25) is 0 Å². The number of nitrogens with one attached hydrogen (secondary N) is 1. The molecular formula is C12H7Cl2NO. The average molecular weight is 252 g/mol. The van der Waals surface area contributed by atoms with Gasteiger partial charge < -0.3 is 10.1 Å². The molecule has 0 spiro atoms. The first-order chi connectivity index (χ1) is 7.72. The molecule has 2 nitrogen and oxygen atoms in total. The van der Waals surface area contributed by atoms with Gasteiger partial charge in [0.15, 0.2) is 11.5 Å². The summed E-state index contributed by atoms with van der Waals surface area (Å²) >= 11 is 11.8. The Labute approximate surface area is 103 Å². The minimum Gasteiger partial charge on any atom is -0.453 e. The molecule has 1 N–H and O–H groups in total. The van der Waals surface area contributed by atoms with Crippen molar-refractivity contribution in [3.63, 3.8) is 0 Å². The summed E-state index contributed by atoms with van der Waals surface area (Å²) in [4.78, 5) is 0. The lowest BCUT2D eigenvalue weighted by Gasteiger charge is -2.21. The molecular weight excluding hydrogens is 245 g/mol. The molecule has 0 saturated heterocycles. The van der Waals surface area contributed by atoms with E-state index in [0.29, 0.717) is 21.5 Å². The first-order valence-electron chi connectivity index (χ1n) is 4.76. The highest BCUT2D eigenvalue weighted by molar-refractivity contribution is 6.31. The summed E-state index contributed by atoms with van der Waals surface area (Å²) in [6.07, 6.45) is 0. The van der Waals surface area contributed by atoms with Crippen LogP contribution in [-0.2, 0) is 0 Å². The second kappa shape index (κ2) is 3.58. The molecule has 3 rings (SSSR count). The molecule has 1 aliphatic heterocycles. The molecule has 2 aromatic carbocycles. The van der Waals surface area contributed by atoms with Crippen LogP contribution in [0.2, 0.25) is 10.0 Å². The Morgan fingerprint density at radius 2 is 1.31 bits per heavy atom. The minimum absolute atomic E-state index is 0.644. The Morgan fingerprint density at radius 3 is 1.81 bits per heavy atom. The van der Waals surface area contributed by atoms with E-state index in [9.17, 15) is 0 Å². The zero-order valence-electron chi connectivity index (χ0n) is 8.13. The third-order valence-electron chi connectivity index (χ3n) is 2.38. The Kier molecular flexibility index (Phi) is 2.20. The highest BCUT2D eigenvalue weighted by Crippen LogP contribution is 2.43. The highest BCUT2D eigenvalue weighted by Gasteiger charge is 2.16. The third kappa shape index (κ3) is 1.60. The van der Waals surface area contributed by atoms with Gasteiger partial charge in [-0.1, -0.05) is 23.2 Å². The fraction of sp³-hybridized carbons (Fsp3) is 0. The smallest absolute Gasteiger partial charge is 0.152 e. The van der Waals surface area contributed by atoms with Crippen LogP contribution in [0, 0.1) is 0 Å². The Hall–Kier alpha value is -1.38. The van der Waals surface area contributed by atoms with Crippen molar-refractivity contribution in [2.75, 3.05) is 5.32 Å². The van der Waals surface area contributed by atoms with Crippen LogP contribution in [0.3, 0.4) is 0 Å². The van der Waals surface area contributed by atoms with E-state index in [1.807, 2.05) is 24.3 Å². The van der Waals surface area contributed by atoms with Crippen molar-refractivity contribution in [2.45, 2.75) is 0 Å². The van der Waals surface area contributed by atoms with Gasteiger partial charge in [-0.2, -0.15) is 0 Å². The van der Waals surface area contributed by atoms with Crippen LogP contribution in [-0.4, -0.2) is 0 Å². The average Bonchev–Trinajstić information content (AvgIpc) is 2.26. The highest BCUT2D eigenvalue weighted by atomic mass is 35.5. The predicted octanol–water partition coefficient (Wildman–Crippen LogP) is 4.84. The van der Waals surface area contributed by atoms with Crippen molar-refractivity contribution in [2.24, 2.45) is 0 Å². The lowest BCUT2D eigenvalue weighted by Crippen LogP contribution is -2.02. The van der Waals surface area contributed by atoms with E-state index < -0.39 is 0 Å². The first kappa shape index (κ1) is 9.82. The van der Waals surface area contributed by atoms with Crippen molar-refractivity contribution in [3.8, 4) is 11.5 Å². The second-order valence-electron chi connectivity index (χ2n) is 3.51. The van der Waals surface area contributed by atoms with Crippen molar-refractivity contribution in [3.05, 3.63) is 46.4 Å². The number of fused-ring (bicyclic) bond motifs is 2. The lowest BCUT2D eigenvalue weighted by molar-refractivity contribution is 0.481. The van der Waals surface area contributed by atoms with Gasteiger partial charge in [0.25, 0.3) is 0 Å². The lowest BCUT2D eigenvalue weighted by atomic mass is 10.2. The number of ether oxygens (including phenoxy) is 1. The number of hydrogen-bond acceptors (Lipinski definition) is 2. The molecule has 1 heterocycles. The van der Waals surface area contributed by atoms with Gasteiger partial charge in [0.1, 0.15) is 0 Å². The van der Waals surface area contributed by atoms with E-state index >= 15 is 0 Å². The monoisotopic (exact) mass is 251 g/mol. The van der Waals surface area contributed by atoms with Gasteiger partial charge in [0.05, 0.1) is 11.4 Å². The SMILES string of the molecule is Clc1ccc2c(c1)Oc1cc(Cl)ccc1N2. The molecule has 0 atom stereocenters.